The number of rotatable bonds is 2. The van der Waals surface area contributed by atoms with E-state index in [1.165, 1.54) is 4.90 Å². The summed E-state index contributed by atoms with van der Waals surface area (Å²) in [6, 6.07) is -0.223. The first-order valence-corrected chi connectivity index (χ1v) is 5.31. The molecule has 1 rings (SSSR count). The summed E-state index contributed by atoms with van der Waals surface area (Å²) in [5.41, 5.74) is 0. The summed E-state index contributed by atoms with van der Waals surface area (Å²) in [4.78, 5) is 12.9. The van der Waals surface area contributed by atoms with Gasteiger partial charge in [0.15, 0.2) is 0 Å². The maximum absolute atomic E-state index is 12.8. The molecule has 1 N–H and O–H groups in total. The van der Waals surface area contributed by atoms with Crippen molar-refractivity contribution in [1.29, 1.82) is 0 Å². The molecule has 1 heterocycles. The quantitative estimate of drug-likeness (QED) is 0.759. The van der Waals surface area contributed by atoms with Crippen LogP contribution in [-0.4, -0.2) is 36.5 Å². The lowest BCUT2D eigenvalue weighted by Crippen LogP contribution is -2.47. The lowest BCUT2D eigenvalue weighted by Gasteiger charge is -2.31. The molecular formula is C10H18F2N2O. The van der Waals surface area contributed by atoms with Crippen LogP contribution < -0.4 is 5.32 Å². The van der Waals surface area contributed by atoms with Gasteiger partial charge < -0.3 is 10.2 Å². The molecular weight excluding hydrogens is 202 g/mol. The molecule has 88 valence electrons. The van der Waals surface area contributed by atoms with E-state index in [0.29, 0.717) is 12.5 Å². The third-order valence-corrected chi connectivity index (χ3v) is 2.44. The summed E-state index contributed by atoms with van der Waals surface area (Å²) < 4.78 is 25.6. The number of hydrogen-bond acceptors (Lipinski definition) is 1. The second kappa shape index (κ2) is 4.77. The molecule has 1 aliphatic rings. The van der Waals surface area contributed by atoms with Crippen LogP contribution >= 0.6 is 0 Å². The first-order chi connectivity index (χ1) is 6.91. The van der Waals surface area contributed by atoms with Crippen LogP contribution in [-0.2, 0) is 0 Å². The molecule has 15 heavy (non-hydrogen) atoms. The average Bonchev–Trinajstić information content (AvgIpc) is 2.14. The van der Waals surface area contributed by atoms with Crippen molar-refractivity contribution in [3.05, 3.63) is 0 Å². The first-order valence-electron chi connectivity index (χ1n) is 5.31. The smallest absolute Gasteiger partial charge is 0.317 e. The number of carbonyl (C=O) groups is 1. The molecule has 0 aromatic rings. The third-order valence-electron chi connectivity index (χ3n) is 2.44. The van der Waals surface area contributed by atoms with Crippen molar-refractivity contribution >= 4 is 6.03 Å². The van der Waals surface area contributed by atoms with Crippen LogP contribution in [0.3, 0.4) is 0 Å². The number of halogens is 2. The third kappa shape index (κ3) is 4.01. The Morgan fingerprint density at radius 1 is 1.40 bits per heavy atom. The van der Waals surface area contributed by atoms with Crippen molar-refractivity contribution in [2.24, 2.45) is 5.92 Å². The monoisotopic (exact) mass is 220 g/mol. The second-order valence-corrected chi connectivity index (χ2v) is 4.42. The van der Waals surface area contributed by atoms with E-state index in [9.17, 15) is 13.6 Å². The van der Waals surface area contributed by atoms with Gasteiger partial charge in [0.2, 0.25) is 0 Å². The van der Waals surface area contributed by atoms with Crippen LogP contribution in [0, 0.1) is 5.92 Å². The number of nitrogens with one attached hydrogen (secondary N) is 1. The molecule has 0 atom stereocenters. The minimum absolute atomic E-state index is 0.150. The highest BCUT2D eigenvalue weighted by atomic mass is 19.3. The van der Waals surface area contributed by atoms with Crippen LogP contribution in [0.15, 0.2) is 0 Å². The summed E-state index contributed by atoms with van der Waals surface area (Å²) in [6.45, 7) is 4.87. The van der Waals surface area contributed by atoms with Crippen LogP contribution in [0.2, 0.25) is 0 Å². The molecule has 5 heteroatoms. The van der Waals surface area contributed by atoms with Gasteiger partial charge in [0.25, 0.3) is 5.92 Å². The fourth-order valence-electron chi connectivity index (χ4n) is 1.44. The van der Waals surface area contributed by atoms with Gasteiger partial charge >= 0.3 is 6.03 Å². The van der Waals surface area contributed by atoms with Gasteiger partial charge in [0, 0.05) is 32.5 Å². The number of hydrogen-bond donors (Lipinski definition) is 1. The van der Waals surface area contributed by atoms with E-state index >= 15 is 0 Å². The fraction of sp³-hybridized carbons (Fsp3) is 0.900. The Bertz CT molecular complexity index is 221. The molecule has 2 amide bonds. The highest BCUT2D eigenvalue weighted by Crippen LogP contribution is 2.27. The molecule has 0 aliphatic carbocycles. The van der Waals surface area contributed by atoms with Crippen molar-refractivity contribution in [2.75, 3.05) is 19.6 Å². The lowest BCUT2D eigenvalue weighted by molar-refractivity contribution is -0.0469. The summed E-state index contributed by atoms with van der Waals surface area (Å²) in [5.74, 6) is -2.21. The van der Waals surface area contributed by atoms with Gasteiger partial charge in [-0.25, -0.2) is 13.6 Å². The van der Waals surface area contributed by atoms with Gasteiger partial charge in [-0.1, -0.05) is 13.8 Å². The number of urea groups is 1. The number of piperidine rings is 1. The van der Waals surface area contributed by atoms with Crippen molar-refractivity contribution in [2.45, 2.75) is 32.6 Å². The van der Waals surface area contributed by atoms with Crippen molar-refractivity contribution in [3.8, 4) is 0 Å². The van der Waals surface area contributed by atoms with Gasteiger partial charge in [0.1, 0.15) is 0 Å². The zero-order valence-corrected chi connectivity index (χ0v) is 9.22. The molecule has 0 radical (unpaired) electrons. The van der Waals surface area contributed by atoms with E-state index in [-0.39, 0.29) is 32.0 Å². The molecule has 0 saturated carbocycles. The normalized spacial score (nSPS) is 20.5. The Balaban J connectivity index is 2.30. The molecule has 0 bridgehead atoms. The highest BCUT2D eigenvalue weighted by molar-refractivity contribution is 5.74. The predicted molar refractivity (Wildman–Crippen MR) is 54.0 cm³/mol. The standard InChI is InChI=1S/C10H18F2N2O/c1-8(2)7-13-9(15)14-5-3-10(11,12)4-6-14/h8H,3-7H2,1-2H3,(H,13,15). The zero-order chi connectivity index (χ0) is 11.5. The summed E-state index contributed by atoms with van der Waals surface area (Å²) in [6.07, 6.45) is -0.440. The van der Waals surface area contributed by atoms with Crippen LogP contribution in [0.1, 0.15) is 26.7 Å². The number of nitrogens with zero attached hydrogens (tertiary/aromatic N) is 1. The van der Waals surface area contributed by atoms with Gasteiger partial charge in [-0.2, -0.15) is 0 Å². The van der Waals surface area contributed by atoms with E-state index in [0.717, 1.165) is 0 Å². The number of alkyl halides is 2. The largest absolute Gasteiger partial charge is 0.338 e. The van der Waals surface area contributed by atoms with E-state index in [4.69, 9.17) is 0 Å². The zero-order valence-electron chi connectivity index (χ0n) is 9.22. The Hall–Kier alpha value is -0.870. The summed E-state index contributed by atoms with van der Waals surface area (Å²) in [7, 11) is 0. The highest BCUT2D eigenvalue weighted by Gasteiger charge is 2.35. The summed E-state index contributed by atoms with van der Waals surface area (Å²) in [5, 5.41) is 2.72. The topological polar surface area (TPSA) is 32.3 Å². The van der Waals surface area contributed by atoms with Gasteiger partial charge in [0.05, 0.1) is 0 Å². The minimum Gasteiger partial charge on any atom is -0.338 e. The Morgan fingerprint density at radius 2 is 1.93 bits per heavy atom. The van der Waals surface area contributed by atoms with Crippen LogP contribution in [0.25, 0.3) is 0 Å². The van der Waals surface area contributed by atoms with Crippen LogP contribution in [0.4, 0.5) is 13.6 Å². The Morgan fingerprint density at radius 3 is 2.40 bits per heavy atom. The summed E-state index contributed by atoms with van der Waals surface area (Å²) >= 11 is 0. The molecule has 3 nitrogen and oxygen atoms in total. The lowest BCUT2D eigenvalue weighted by atomic mass is 10.1. The molecule has 0 aromatic carbocycles. The molecule has 0 spiro atoms. The first kappa shape index (κ1) is 12.2. The minimum atomic E-state index is -2.59. The van der Waals surface area contributed by atoms with Crippen LogP contribution in [0.5, 0.6) is 0 Å². The number of amides is 2. The molecule has 1 fully saturated rings. The van der Waals surface area contributed by atoms with Crippen molar-refractivity contribution in [1.82, 2.24) is 10.2 Å². The Labute approximate surface area is 88.8 Å². The molecule has 1 saturated heterocycles. The van der Waals surface area contributed by atoms with E-state index in [1.54, 1.807) is 0 Å². The maximum Gasteiger partial charge on any atom is 0.317 e. The average molecular weight is 220 g/mol. The molecule has 0 aromatic heterocycles. The molecule has 1 aliphatic heterocycles. The fourth-order valence-corrected chi connectivity index (χ4v) is 1.44. The number of carbonyl (C=O) groups excluding carboxylic acids is 1. The van der Waals surface area contributed by atoms with Gasteiger partial charge in [-0.05, 0) is 5.92 Å². The van der Waals surface area contributed by atoms with Gasteiger partial charge in [-0.15, -0.1) is 0 Å². The SMILES string of the molecule is CC(C)CNC(=O)N1CCC(F)(F)CC1. The van der Waals surface area contributed by atoms with E-state index < -0.39 is 5.92 Å². The van der Waals surface area contributed by atoms with Gasteiger partial charge in [-0.3, -0.25) is 0 Å². The van der Waals surface area contributed by atoms with E-state index in [1.807, 2.05) is 13.8 Å². The van der Waals surface area contributed by atoms with Crippen molar-refractivity contribution in [3.63, 3.8) is 0 Å². The predicted octanol–water partition coefficient (Wildman–Crippen LogP) is 2.08. The van der Waals surface area contributed by atoms with E-state index in [2.05, 4.69) is 5.32 Å². The molecule has 0 unspecified atom stereocenters. The second-order valence-electron chi connectivity index (χ2n) is 4.42. The van der Waals surface area contributed by atoms with Crippen molar-refractivity contribution < 1.29 is 13.6 Å². The Kier molecular flexibility index (Phi) is 3.88. The maximum atomic E-state index is 12.8. The number of likely N-dealkylation sites (tertiary alicyclic amines) is 1.